The summed E-state index contributed by atoms with van der Waals surface area (Å²) < 4.78 is 0.829. The van der Waals surface area contributed by atoms with Crippen LogP contribution in [0.25, 0.3) is 11.3 Å². The Kier molecular flexibility index (Phi) is 3.60. The normalized spacial score (nSPS) is 10.3. The molecule has 86 valence electrons. The second-order valence-electron chi connectivity index (χ2n) is 3.65. The van der Waals surface area contributed by atoms with Crippen molar-refractivity contribution in [1.82, 2.24) is 4.98 Å². The van der Waals surface area contributed by atoms with Gasteiger partial charge in [-0.05, 0) is 40.5 Å². The first-order valence-electron chi connectivity index (χ1n) is 4.99. The second kappa shape index (κ2) is 4.98. The van der Waals surface area contributed by atoms with Crippen molar-refractivity contribution in [1.29, 1.82) is 0 Å². The largest absolute Gasteiger partial charge is 0.298 e. The SMILES string of the molecule is Cc1cc(-c2cccc(Br)c2Cl)ncc1C=O. The Morgan fingerprint density at radius 1 is 1.41 bits per heavy atom. The third kappa shape index (κ3) is 2.40. The number of aldehydes is 1. The Balaban J connectivity index is 2.57. The highest BCUT2D eigenvalue weighted by molar-refractivity contribution is 9.10. The molecule has 1 aromatic heterocycles. The highest BCUT2D eigenvalue weighted by Gasteiger charge is 2.09. The third-order valence-corrected chi connectivity index (χ3v) is 3.80. The fraction of sp³-hybridized carbons (Fsp3) is 0.0769. The van der Waals surface area contributed by atoms with Crippen molar-refractivity contribution in [2.45, 2.75) is 6.92 Å². The number of carbonyl (C=O) groups excluding carboxylic acids is 1. The van der Waals surface area contributed by atoms with Crippen molar-refractivity contribution in [2.24, 2.45) is 0 Å². The summed E-state index contributed by atoms with van der Waals surface area (Å²) >= 11 is 9.57. The first kappa shape index (κ1) is 12.3. The van der Waals surface area contributed by atoms with Gasteiger partial charge in [0.25, 0.3) is 0 Å². The number of carbonyl (C=O) groups is 1. The van der Waals surface area contributed by atoms with Crippen LogP contribution >= 0.6 is 27.5 Å². The summed E-state index contributed by atoms with van der Waals surface area (Å²) in [5.41, 5.74) is 3.10. The molecule has 0 unspecified atom stereocenters. The van der Waals surface area contributed by atoms with Crippen molar-refractivity contribution < 1.29 is 4.79 Å². The lowest BCUT2D eigenvalue weighted by Crippen LogP contribution is -1.92. The number of hydrogen-bond acceptors (Lipinski definition) is 2. The molecule has 2 aromatic rings. The van der Waals surface area contributed by atoms with Crippen LogP contribution in [0.2, 0.25) is 5.02 Å². The molecule has 0 N–H and O–H groups in total. The molecule has 1 aromatic carbocycles. The molecule has 0 spiro atoms. The Morgan fingerprint density at radius 3 is 2.82 bits per heavy atom. The fourth-order valence-electron chi connectivity index (χ4n) is 1.54. The number of benzene rings is 1. The Labute approximate surface area is 113 Å². The molecule has 0 saturated heterocycles. The highest BCUT2D eigenvalue weighted by Crippen LogP contribution is 2.32. The number of nitrogens with zero attached hydrogens (tertiary/aromatic N) is 1. The summed E-state index contributed by atoms with van der Waals surface area (Å²) in [5, 5.41) is 0.623. The molecule has 1 heterocycles. The lowest BCUT2D eigenvalue weighted by Gasteiger charge is -2.07. The van der Waals surface area contributed by atoms with E-state index in [9.17, 15) is 4.79 Å². The zero-order chi connectivity index (χ0) is 12.4. The molecule has 4 heteroatoms. The maximum absolute atomic E-state index is 10.7. The summed E-state index contributed by atoms with van der Waals surface area (Å²) in [6.45, 7) is 1.88. The van der Waals surface area contributed by atoms with Gasteiger partial charge in [-0.3, -0.25) is 9.78 Å². The Hall–Kier alpha value is -1.19. The molecular formula is C13H9BrClNO. The van der Waals surface area contributed by atoms with Crippen LogP contribution in [-0.2, 0) is 0 Å². The zero-order valence-electron chi connectivity index (χ0n) is 9.08. The van der Waals surface area contributed by atoms with E-state index in [-0.39, 0.29) is 0 Å². The molecular weight excluding hydrogens is 302 g/mol. The van der Waals surface area contributed by atoms with Crippen LogP contribution in [0.4, 0.5) is 0 Å². The molecule has 0 amide bonds. The van der Waals surface area contributed by atoms with Gasteiger partial charge in [-0.15, -0.1) is 0 Å². The van der Waals surface area contributed by atoms with Crippen molar-refractivity contribution in [2.75, 3.05) is 0 Å². The summed E-state index contributed by atoms with van der Waals surface area (Å²) in [4.78, 5) is 15.0. The summed E-state index contributed by atoms with van der Waals surface area (Å²) in [5.74, 6) is 0. The number of aryl methyl sites for hydroxylation is 1. The number of aromatic nitrogens is 1. The van der Waals surface area contributed by atoms with Gasteiger partial charge in [0.2, 0.25) is 0 Å². The zero-order valence-corrected chi connectivity index (χ0v) is 11.4. The van der Waals surface area contributed by atoms with Gasteiger partial charge in [0, 0.05) is 21.8 Å². The van der Waals surface area contributed by atoms with E-state index in [2.05, 4.69) is 20.9 Å². The highest BCUT2D eigenvalue weighted by atomic mass is 79.9. The molecule has 0 fully saturated rings. The van der Waals surface area contributed by atoms with E-state index < -0.39 is 0 Å². The molecule has 0 atom stereocenters. The quantitative estimate of drug-likeness (QED) is 0.775. The van der Waals surface area contributed by atoms with Gasteiger partial charge in [0.05, 0.1) is 10.7 Å². The predicted octanol–water partition coefficient (Wildman–Crippen LogP) is 4.29. The molecule has 0 radical (unpaired) electrons. The van der Waals surface area contributed by atoms with E-state index in [1.807, 2.05) is 31.2 Å². The van der Waals surface area contributed by atoms with E-state index in [1.54, 1.807) is 6.20 Å². The molecule has 17 heavy (non-hydrogen) atoms. The average molecular weight is 311 g/mol. The van der Waals surface area contributed by atoms with Gasteiger partial charge >= 0.3 is 0 Å². The Bertz CT molecular complexity index is 584. The Morgan fingerprint density at radius 2 is 2.18 bits per heavy atom. The number of rotatable bonds is 2. The smallest absolute Gasteiger partial charge is 0.151 e. The molecule has 0 aliphatic heterocycles. The van der Waals surface area contributed by atoms with Gasteiger partial charge in [0.1, 0.15) is 0 Å². The van der Waals surface area contributed by atoms with Crippen molar-refractivity contribution in [3.05, 3.63) is 51.1 Å². The minimum Gasteiger partial charge on any atom is -0.298 e. The third-order valence-electron chi connectivity index (χ3n) is 2.51. The van der Waals surface area contributed by atoms with Gasteiger partial charge in [-0.1, -0.05) is 23.7 Å². The van der Waals surface area contributed by atoms with Crippen LogP contribution in [-0.4, -0.2) is 11.3 Å². The minimum absolute atomic E-state index is 0.597. The monoisotopic (exact) mass is 309 g/mol. The molecule has 0 bridgehead atoms. The van der Waals surface area contributed by atoms with Crippen LogP contribution in [0.15, 0.2) is 34.9 Å². The maximum atomic E-state index is 10.7. The first-order chi connectivity index (χ1) is 8.13. The standard InChI is InChI=1S/C13H9BrClNO/c1-8-5-12(16-6-9(8)7-17)10-3-2-4-11(14)13(10)15/h2-7H,1H3. The van der Waals surface area contributed by atoms with E-state index >= 15 is 0 Å². The number of hydrogen-bond donors (Lipinski definition) is 0. The van der Waals surface area contributed by atoms with E-state index in [0.717, 1.165) is 27.6 Å². The van der Waals surface area contributed by atoms with E-state index in [0.29, 0.717) is 10.6 Å². The summed E-state index contributed by atoms with van der Waals surface area (Å²) in [6, 6.07) is 7.53. The molecule has 0 aliphatic rings. The maximum Gasteiger partial charge on any atom is 0.151 e. The fourth-order valence-corrected chi connectivity index (χ4v) is 2.13. The van der Waals surface area contributed by atoms with Gasteiger partial charge in [0.15, 0.2) is 6.29 Å². The van der Waals surface area contributed by atoms with Crippen LogP contribution in [0.5, 0.6) is 0 Å². The van der Waals surface area contributed by atoms with Gasteiger partial charge in [-0.25, -0.2) is 0 Å². The predicted molar refractivity (Wildman–Crippen MR) is 72.5 cm³/mol. The van der Waals surface area contributed by atoms with Crippen molar-refractivity contribution >= 4 is 33.8 Å². The summed E-state index contributed by atoms with van der Waals surface area (Å²) in [6.07, 6.45) is 2.36. The van der Waals surface area contributed by atoms with Crippen molar-refractivity contribution in [3.63, 3.8) is 0 Å². The number of halogens is 2. The van der Waals surface area contributed by atoms with Crippen LogP contribution in [0.1, 0.15) is 15.9 Å². The molecule has 2 rings (SSSR count). The van der Waals surface area contributed by atoms with Crippen molar-refractivity contribution in [3.8, 4) is 11.3 Å². The topological polar surface area (TPSA) is 30.0 Å². The second-order valence-corrected chi connectivity index (χ2v) is 4.88. The van der Waals surface area contributed by atoms with Crippen LogP contribution in [0, 0.1) is 6.92 Å². The van der Waals surface area contributed by atoms with Gasteiger partial charge in [-0.2, -0.15) is 0 Å². The van der Waals surface area contributed by atoms with E-state index in [1.165, 1.54) is 0 Å². The molecule has 0 saturated carbocycles. The minimum atomic E-state index is 0.597. The molecule has 0 aliphatic carbocycles. The number of pyridine rings is 1. The molecule has 2 nitrogen and oxygen atoms in total. The lowest BCUT2D eigenvalue weighted by atomic mass is 10.1. The average Bonchev–Trinajstić information content (AvgIpc) is 2.32. The van der Waals surface area contributed by atoms with Crippen LogP contribution in [0.3, 0.4) is 0 Å². The van der Waals surface area contributed by atoms with E-state index in [4.69, 9.17) is 11.6 Å². The van der Waals surface area contributed by atoms with Crippen LogP contribution < -0.4 is 0 Å². The summed E-state index contributed by atoms with van der Waals surface area (Å²) in [7, 11) is 0. The van der Waals surface area contributed by atoms with Gasteiger partial charge < -0.3 is 0 Å². The lowest BCUT2D eigenvalue weighted by molar-refractivity contribution is 0.112. The first-order valence-corrected chi connectivity index (χ1v) is 6.17.